The number of hydrogen-bond donors (Lipinski definition) is 1. The molecule has 10 heavy (non-hydrogen) atoms. The second-order valence-corrected chi connectivity index (χ2v) is 2.52. The molecule has 0 bridgehead atoms. The third-order valence-corrected chi connectivity index (χ3v) is 1.19. The molecule has 0 heterocycles. The molecule has 0 aromatic heterocycles. The standard InChI is InChI=1S/C9H17N/c1-9(2)7-5-4-6-8-10-3/h4-5,10H,1,6-8H2,2-3H3. The Bertz CT molecular complexity index is 114. The van der Waals surface area contributed by atoms with E-state index >= 15 is 0 Å². The van der Waals surface area contributed by atoms with Crippen molar-refractivity contribution >= 4 is 0 Å². The van der Waals surface area contributed by atoms with E-state index in [1.165, 1.54) is 5.57 Å². The molecule has 1 heteroatoms. The Kier molecular flexibility index (Phi) is 6.19. The lowest BCUT2D eigenvalue weighted by atomic mass is 10.2. The van der Waals surface area contributed by atoms with Gasteiger partial charge in [-0.05, 0) is 33.4 Å². The monoisotopic (exact) mass is 139 g/mol. The minimum absolute atomic E-state index is 1.02. The predicted molar refractivity (Wildman–Crippen MR) is 47.1 cm³/mol. The maximum absolute atomic E-state index is 3.81. The van der Waals surface area contributed by atoms with E-state index in [4.69, 9.17) is 0 Å². The van der Waals surface area contributed by atoms with Gasteiger partial charge in [-0.25, -0.2) is 0 Å². The number of allylic oxidation sites excluding steroid dienone is 2. The lowest BCUT2D eigenvalue weighted by molar-refractivity contribution is 0.806. The fourth-order valence-corrected chi connectivity index (χ4v) is 0.630. The average Bonchev–Trinajstić information content (AvgIpc) is 1.87. The van der Waals surface area contributed by atoms with Gasteiger partial charge in [-0.1, -0.05) is 24.3 Å². The van der Waals surface area contributed by atoms with Gasteiger partial charge in [-0.2, -0.15) is 0 Å². The van der Waals surface area contributed by atoms with Gasteiger partial charge >= 0.3 is 0 Å². The van der Waals surface area contributed by atoms with E-state index in [9.17, 15) is 0 Å². The summed E-state index contributed by atoms with van der Waals surface area (Å²) in [7, 11) is 1.96. The van der Waals surface area contributed by atoms with Crippen molar-refractivity contribution in [2.45, 2.75) is 19.8 Å². The Labute approximate surface area is 63.8 Å². The first-order valence-corrected chi connectivity index (χ1v) is 3.71. The Morgan fingerprint density at radius 1 is 1.50 bits per heavy atom. The zero-order valence-electron chi connectivity index (χ0n) is 6.98. The van der Waals surface area contributed by atoms with Crippen LogP contribution in [0.1, 0.15) is 19.8 Å². The largest absolute Gasteiger partial charge is 0.319 e. The summed E-state index contributed by atoms with van der Waals surface area (Å²) in [6.45, 7) is 6.91. The van der Waals surface area contributed by atoms with E-state index in [1.807, 2.05) is 14.0 Å². The summed E-state index contributed by atoms with van der Waals surface area (Å²) in [5.41, 5.74) is 1.22. The van der Waals surface area contributed by atoms with Crippen molar-refractivity contribution in [1.29, 1.82) is 0 Å². The first-order chi connectivity index (χ1) is 4.77. The first kappa shape index (κ1) is 9.44. The van der Waals surface area contributed by atoms with Gasteiger partial charge in [0.25, 0.3) is 0 Å². The molecular formula is C9H17N. The third kappa shape index (κ3) is 7.44. The van der Waals surface area contributed by atoms with Crippen molar-refractivity contribution in [2.75, 3.05) is 13.6 Å². The third-order valence-electron chi connectivity index (χ3n) is 1.19. The van der Waals surface area contributed by atoms with Crippen LogP contribution in [-0.4, -0.2) is 13.6 Å². The van der Waals surface area contributed by atoms with Crippen LogP contribution in [0.25, 0.3) is 0 Å². The zero-order chi connectivity index (χ0) is 7.82. The summed E-state index contributed by atoms with van der Waals surface area (Å²) in [4.78, 5) is 0. The van der Waals surface area contributed by atoms with E-state index in [2.05, 4.69) is 24.0 Å². The summed E-state index contributed by atoms with van der Waals surface area (Å²) in [5.74, 6) is 0. The summed E-state index contributed by atoms with van der Waals surface area (Å²) >= 11 is 0. The number of rotatable bonds is 5. The molecular weight excluding hydrogens is 122 g/mol. The molecule has 1 nitrogen and oxygen atoms in total. The van der Waals surface area contributed by atoms with Gasteiger partial charge in [0.1, 0.15) is 0 Å². The van der Waals surface area contributed by atoms with E-state index in [0.29, 0.717) is 0 Å². The Morgan fingerprint density at radius 3 is 2.70 bits per heavy atom. The van der Waals surface area contributed by atoms with Crippen LogP contribution in [0.5, 0.6) is 0 Å². The molecule has 58 valence electrons. The highest BCUT2D eigenvalue weighted by atomic mass is 14.8. The smallest absolute Gasteiger partial charge is 0.00173 e. The number of hydrogen-bond acceptors (Lipinski definition) is 1. The molecule has 0 saturated carbocycles. The van der Waals surface area contributed by atoms with E-state index in [1.54, 1.807) is 0 Å². The van der Waals surface area contributed by atoms with E-state index < -0.39 is 0 Å². The highest BCUT2D eigenvalue weighted by Gasteiger charge is 1.78. The van der Waals surface area contributed by atoms with Crippen LogP contribution in [0, 0.1) is 0 Å². The van der Waals surface area contributed by atoms with Crippen molar-refractivity contribution in [1.82, 2.24) is 5.32 Å². The van der Waals surface area contributed by atoms with Gasteiger partial charge in [0.2, 0.25) is 0 Å². The van der Waals surface area contributed by atoms with E-state index in [0.717, 1.165) is 19.4 Å². The summed E-state index contributed by atoms with van der Waals surface area (Å²) < 4.78 is 0. The Balaban J connectivity index is 3.12. The lowest BCUT2D eigenvalue weighted by Gasteiger charge is -1.91. The number of nitrogens with one attached hydrogen (secondary N) is 1. The van der Waals surface area contributed by atoms with Gasteiger partial charge in [0.15, 0.2) is 0 Å². The molecule has 0 aliphatic carbocycles. The fraction of sp³-hybridized carbons (Fsp3) is 0.556. The van der Waals surface area contributed by atoms with Gasteiger partial charge in [-0.15, -0.1) is 0 Å². The fourth-order valence-electron chi connectivity index (χ4n) is 0.630. The molecule has 0 amide bonds. The molecule has 0 aliphatic rings. The normalized spacial score (nSPS) is 10.6. The molecule has 0 spiro atoms. The quantitative estimate of drug-likeness (QED) is 0.454. The molecule has 0 atom stereocenters. The maximum Gasteiger partial charge on any atom is -0.00173 e. The first-order valence-electron chi connectivity index (χ1n) is 3.71. The lowest BCUT2D eigenvalue weighted by Crippen LogP contribution is -2.05. The van der Waals surface area contributed by atoms with Crippen LogP contribution >= 0.6 is 0 Å². The maximum atomic E-state index is 3.81. The SMILES string of the molecule is C=C(C)CC=CCCNC. The summed E-state index contributed by atoms with van der Waals surface area (Å²) in [6.07, 6.45) is 6.48. The van der Waals surface area contributed by atoms with Gasteiger partial charge in [0.05, 0.1) is 0 Å². The molecule has 0 aliphatic heterocycles. The van der Waals surface area contributed by atoms with Crippen LogP contribution in [0.3, 0.4) is 0 Å². The highest BCUT2D eigenvalue weighted by molar-refractivity contribution is 4.98. The molecule has 0 fully saturated rings. The van der Waals surface area contributed by atoms with Crippen LogP contribution in [0.4, 0.5) is 0 Å². The zero-order valence-corrected chi connectivity index (χ0v) is 6.98. The molecule has 1 N–H and O–H groups in total. The van der Waals surface area contributed by atoms with E-state index in [-0.39, 0.29) is 0 Å². The van der Waals surface area contributed by atoms with Gasteiger partial charge < -0.3 is 5.32 Å². The Hall–Kier alpha value is -0.560. The minimum Gasteiger partial charge on any atom is -0.319 e. The molecule has 0 rings (SSSR count). The van der Waals surface area contributed by atoms with Crippen LogP contribution in [-0.2, 0) is 0 Å². The summed E-state index contributed by atoms with van der Waals surface area (Å²) in [5, 5.41) is 3.08. The predicted octanol–water partition coefficient (Wildman–Crippen LogP) is 2.12. The van der Waals surface area contributed by atoms with Crippen LogP contribution in [0.2, 0.25) is 0 Å². The molecule has 0 radical (unpaired) electrons. The molecule has 0 aromatic carbocycles. The van der Waals surface area contributed by atoms with Crippen LogP contribution < -0.4 is 5.32 Å². The van der Waals surface area contributed by atoms with Gasteiger partial charge in [0, 0.05) is 0 Å². The average molecular weight is 139 g/mol. The van der Waals surface area contributed by atoms with Crippen molar-refractivity contribution in [2.24, 2.45) is 0 Å². The minimum atomic E-state index is 1.02. The molecule has 0 unspecified atom stereocenters. The molecule has 0 aromatic rings. The second kappa shape index (κ2) is 6.56. The Morgan fingerprint density at radius 2 is 2.20 bits per heavy atom. The van der Waals surface area contributed by atoms with Crippen LogP contribution in [0.15, 0.2) is 24.3 Å². The van der Waals surface area contributed by atoms with Crippen molar-refractivity contribution in [3.05, 3.63) is 24.3 Å². The second-order valence-electron chi connectivity index (χ2n) is 2.52. The van der Waals surface area contributed by atoms with Gasteiger partial charge in [-0.3, -0.25) is 0 Å². The molecule has 0 saturated heterocycles. The summed E-state index contributed by atoms with van der Waals surface area (Å²) in [6, 6.07) is 0. The van der Waals surface area contributed by atoms with Crippen molar-refractivity contribution in [3.63, 3.8) is 0 Å². The topological polar surface area (TPSA) is 12.0 Å². The van der Waals surface area contributed by atoms with Crippen molar-refractivity contribution in [3.8, 4) is 0 Å². The van der Waals surface area contributed by atoms with Crippen molar-refractivity contribution < 1.29 is 0 Å². The highest BCUT2D eigenvalue weighted by Crippen LogP contribution is 1.96.